The number of rotatable bonds is 5. The van der Waals surface area contributed by atoms with E-state index in [-0.39, 0.29) is 0 Å². The van der Waals surface area contributed by atoms with Crippen molar-refractivity contribution in [3.63, 3.8) is 0 Å². The van der Waals surface area contributed by atoms with Crippen LogP contribution in [0.2, 0.25) is 0 Å². The zero-order chi connectivity index (χ0) is 8.81. The largest absolute Gasteiger partial charge is 0.317 e. The Labute approximate surface area is 72.7 Å². The molecule has 0 aromatic carbocycles. The van der Waals surface area contributed by atoms with Gasteiger partial charge >= 0.3 is 8.53 Å². The van der Waals surface area contributed by atoms with Gasteiger partial charge in [-0.25, -0.2) is 4.98 Å². The molecule has 6 heteroatoms. The van der Waals surface area contributed by atoms with Crippen LogP contribution in [0.3, 0.4) is 0 Å². The molecule has 0 aliphatic rings. The SMILES string of the molecule is CCOP(OCC)n1cncn1. The normalized spacial score (nSPS) is 10.9. The summed E-state index contributed by atoms with van der Waals surface area (Å²) in [5, 5.41) is 3.94. The van der Waals surface area contributed by atoms with E-state index in [1.807, 2.05) is 13.8 Å². The van der Waals surface area contributed by atoms with Crippen LogP contribution in [0, 0.1) is 0 Å². The van der Waals surface area contributed by atoms with E-state index in [1.165, 1.54) is 6.33 Å². The second-order valence-corrected chi connectivity index (χ2v) is 3.29. The van der Waals surface area contributed by atoms with E-state index in [2.05, 4.69) is 10.1 Å². The summed E-state index contributed by atoms with van der Waals surface area (Å²) < 4.78 is 12.3. The Morgan fingerprint density at radius 2 is 2.00 bits per heavy atom. The summed E-state index contributed by atoms with van der Waals surface area (Å²) in [5.41, 5.74) is 0. The van der Waals surface area contributed by atoms with Crippen LogP contribution in [-0.2, 0) is 9.05 Å². The fourth-order valence-corrected chi connectivity index (χ4v) is 1.69. The minimum absolute atomic E-state index is 0.617. The highest BCUT2D eigenvalue weighted by Gasteiger charge is 2.11. The number of aromatic nitrogens is 3. The van der Waals surface area contributed by atoms with Crippen LogP contribution in [0.5, 0.6) is 0 Å². The van der Waals surface area contributed by atoms with Crippen LogP contribution >= 0.6 is 8.53 Å². The molecule has 5 nitrogen and oxygen atoms in total. The van der Waals surface area contributed by atoms with Crippen molar-refractivity contribution >= 4 is 8.53 Å². The van der Waals surface area contributed by atoms with E-state index in [9.17, 15) is 0 Å². The number of nitrogens with zero attached hydrogens (tertiary/aromatic N) is 3. The Morgan fingerprint density at radius 1 is 1.33 bits per heavy atom. The van der Waals surface area contributed by atoms with Crippen LogP contribution in [0.4, 0.5) is 0 Å². The first kappa shape index (κ1) is 9.58. The van der Waals surface area contributed by atoms with Crippen molar-refractivity contribution in [1.82, 2.24) is 14.5 Å². The molecule has 0 unspecified atom stereocenters. The molecule has 0 atom stereocenters. The molecule has 0 amide bonds. The molecule has 0 saturated heterocycles. The van der Waals surface area contributed by atoms with Gasteiger partial charge in [0.15, 0.2) is 0 Å². The van der Waals surface area contributed by atoms with Gasteiger partial charge in [-0.2, -0.15) is 9.55 Å². The lowest BCUT2D eigenvalue weighted by atomic mass is 10.9. The number of hydrogen-bond donors (Lipinski definition) is 0. The lowest BCUT2D eigenvalue weighted by Gasteiger charge is -2.13. The molecular formula is C6H12N3O2P. The Kier molecular flexibility index (Phi) is 4.14. The van der Waals surface area contributed by atoms with Gasteiger partial charge in [0, 0.05) is 0 Å². The van der Waals surface area contributed by atoms with Gasteiger partial charge in [-0.05, 0) is 13.8 Å². The first-order valence-electron chi connectivity index (χ1n) is 3.79. The third-order valence-electron chi connectivity index (χ3n) is 1.05. The van der Waals surface area contributed by atoms with Crippen molar-refractivity contribution in [3.05, 3.63) is 12.7 Å². The van der Waals surface area contributed by atoms with Crippen molar-refractivity contribution in [1.29, 1.82) is 0 Å². The van der Waals surface area contributed by atoms with Crippen LogP contribution in [0.15, 0.2) is 12.7 Å². The molecule has 0 spiro atoms. The Bertz CT molecular complexity index is 199. The molecule has 0 radical (unpaired) electrons. The summed E-state index contributed by atoms with van der Waals surface area (Å²) in [6.07, 6.45) is 3.06. The maximum Gasteiger partial charge on any atom is 0.312 e. The molecule has 0 fully saturated rings. The second kappa shape index (κ2) is 5.19. The molecule has 1 aromatic heterocycles. The first-order valence-corrected chi connectivity index (χ1v) is 4.92. The van der Waals surface area contributed by atoms with E-state index in [4.69, 9.17) is 9.05 Å². The Balaban J connectivity index is 2.53. The van der Waals surface area contributed by atoms with Gasteiger partial charge in [-0.15, -0.1) is 0 Å². The molecule has 0 aliphatic carbocycles. The van der Waals surface area contributed by atoms with Crippen molar-refractivity contribution in [3.8, 4) is 0 Å². The van der Waals surface area contributed by atoms with Crippen molar-refractivity contribution in [2.45, 2.75) is 13.8 Å². The second-order valence-electron chi connectivity index (χ2n) is 1.89. The average molecular weight is 189 g/mol. The first-order chi connectivity index (χ1) is 5.88. The van der Waals surface area contributed by atoms with Gasteiger partial charge in [0.2, 0.25) is 0 Å². The van der Waals surface area contributed by atoms with E-state index >= 15 is 0 Å². The Hall–Kier alpha value is -0.510. The molecule has 1 aromatic rings. The minimum Gasteiger partial charge on any atom is -0.317 e. The maximum atomic E-state index is 5.33. The van der Waals surface area contributed by atoms with E-state index < -0.39 is 8.53 Å². The lowest BCUT2D eigenvalue weighted by Crippen LogP contribution is -2.00. The standard InChI is InChI=1S/C6H12N3O2P/c1-3-10-12(11-4-2)9-6-7-5-8-9/h5-6H,3-4H2,1-2H3. The minimum atomic E-state index is -1.08. The predicted molar refractivity (Wildman–Crippen MR) is 45.6 cm³/mol. The van der Waals surface area contributed by atoms with E-state index in [1.54, 1.807) is 10.8 Å². The molecular weight excluding hydrogens is 177 g/mol. The predicted octanol–water partition coefficient (Wildman–Crippen LogP) is 1.43. The summed E-state index contributed by atoms with van der Waals surface area (Å²) in [7, 11) is -1.08. The van der Waals surface area contributed by atoms with Crippen molar-refractivity contribution < 1.29 is 9.05 Å². The summed E-state index contributed by atoms with van der Waals surface area (Å²) in [6.45, 7) is 5.08. The van der Waals surface area contributed by atoms with Gasteiger partial charge in [-0.3, -0.25) is 0 Å². The maximum absolute atomic E-state index is 5.33. The molecule has 1 rings (SSSR count). The molecule has 68 valence electrons. The van der Waals surface area contributed by atoms with Gasteiger partial charge < -0.3 is 9.05 Å². The lowest BCUT2D eigenvalue weighted by molar-refractivity contribution is 0.260. The third-order valence-corrected chi connectivity index (χ3v) is 2.55. The van der Waals surface area contributed by atoms with Gasteiger partial charge in [0.25, 0.3) is 0 Å². The monoisotopic (exact) mass is 189 g/mol. The Morgan fingerprint density at radius 3 is 2.42 bits per heavy atom. The van der Waals surface area contributed by atoms with E-state index in [0.717, 1.165) is 0 Å². The highest BCUT2D eigenvalue weighted by Crippen LogP contribution is 2.37. The van der Waals surface area contributed by atoms with Gasteiger partial charge in [-0.1, -0.05) is 0 Å². The molecule has 0 saturated carbocycles. The summed E-state index contributed by atoms with van der Waals surface area (Å²) in [4.78, 5) is 3.82. The molecule has 0 bridgehead atoms. The van der Waals surface area contributed by atoms with Crippen molar-refractivity contribution in [2.24, 2.45) is 0 Å². The molecule has 0 N–H and O–H groups in total. The summed E-state index contributed by atoms with van der Waals surface area (Å²) in [6, 6.07) is 0. The van der Waals surface area contributed by atoms with Crippen LogP contribution < -0.4 is 0 Å². The van der Waals surface area contributed by atoms with Gasteiger partial charge in [0.1, 0.15) is 12.7 Å². The topological polar surface area (TPSA) is 49.2 Å². The fourth-order valence-electron chi connectivity index (χ4n) is 0.663. The molecule has 12 heavy (non-hydrogen) atoms. The van der Waals surface area contributed by atoms with Crippen LogP contribution in [0.25, 0.3) is 0 Å². The smallest absolute Gasteiger partial charge is 0.312 e. The van der Waals surface area contributed by atoms with Crippen molar-refractivity contribution in [2.75, 3.05) is 13.2 Å². The average Bonchev–Trinajstić information content (AvgIpc) is 2.56. The zero-order valence-corrected chi connectivity index (χ0v) is 8.07. The molecule has 0 aliphatic heterocycles. The third kappa shape index (κ3) is 2.52. The van der Waals surface area contributed by atoms with Crippen LogP contribution in [-0.4, -0.2) is 27.7 Å². The summed E-state index contributed by atoms with van der Waals surface area (Å²) >= 11 is 0. The quantitative estimate of drug-likeness (QED) is 0.657. The summed E-state index contributed by atoms with van der Waals surface area (Å²) in [5.74, 6) is 0. The molecule has 1 heterocycles. The number of hydrogen-bond acceptors (Lipinski definition) is 4. The van der Waals surface area contributed by atoms with Gasteiger partial charge in [0.05, 0.1) is 13.2 Å². The van der Waals surface area contributed by atoms with E-state index in [0.29, 0.717) is 13.2 Å². The zero-order valence-electron chi connectivity index (χ0n) is 7.17. The highest BCUT2D eigenvalue weighted by atomic mass is 31.2. The fraction of sp³-hybridized carbons (Fsp3) is 0.667. The highest BCUT2D eigenvalue weighted by molar-refractivity contribution is 7.45. The van der Waals surface area contributed by atoms with Crippen LogP contribution in [0.1, 0.15) is 13.8 Å².